The van der Waals surface area contributed by atoms with Gasteiger partial charge in [-0.15, -0.1) is 0 Å². The molecule has 0 fully saturated rings. The van der Waals surface area contributed by atoms with Crippen molar-refractivity contribution in [2.45, 2.75) is 25.3 Å². The lowest BCUT2D eigenvalue weighted by molar-refractivity contribution is -0.141. The molecule has 0 unspecified atom stereocenters. The van der Waals surface area contributed by atoms with E-state index < -0.39 is 17.9 Å². The molecule has 1 aliphatic rings. The predicted octanol–water partition coefficient (Wildman–Crippen LogP) is 4.58. The normalized spacial score (nSPS) is 15.7. The predicted molar refractivity (Wildman–Crippen MR) is 117 cm³/mol. The van der Waals surface area contributed by atoms with Crippen LogP contribution in [0.4, 0.5) is 4.39 Å². The summed E-state index contributed by atoms with van der Waals surface area (Å²) in [6.07, 6.45) is -0.192. The Kier molecular flexibility index (Phi) is 6.05. The van der Waals surface area contributed by atoms with E-state index in [9.17, 15) is 14.0 Å². The fourth-order valence-electron chi connectivity index (χ4n) is 3.63. The van der Waals surface area contributed by atoms with Crippen LogP contribution in [0.2, 0.25) is 5.15 Å². The lowest BCUT2D eigenvalue weighted by Crippen LogP contribution is -2.27. The summed E-state index contributed by atoms with van der Waals surface area (Å²) < 4.78 is 18.6. The van der Waals surface area contributed by atoms with Crippen molar-refractivity contribution in [2.24, 2.45) is 5.10 Å². The van der Waals surface area contributed by atoms with Gasteiger partial charge in [-0.25, -0.2) is 14.4 Å². The number of pyridine rings is 1. The largest absolute Gasteiger partial charge is 0.497 e. The molecule has 2 aromatic carbocycles. The first-order valence-electron chi connectivity index (χ1n) is 9.87. The molecule has 2 heterocycles. The van der Waals surface area contributed by atoms with Gasteiger partial charge in [0.15, 0.2) is 0 Å². The molecular weight excluding hydrogens is 437 g/mol. The molecule has 3 aromatic rings. The molecule has 1 aliphatic heterocycles. The second kappa shape index (κ2) is 8.92. The summed E-state index contributed by atoms with van der Waals surface area (Å²) >= 11 is 6.51. The number of carbonyl (C=O) groups is 2. The summed E-state index contributed by atoms with van der Waals surface area (Å²) in [7, 11) is 1.56. The highest BCUT2D eigenvalue weighted by molar-refractivity contribution is 6.30. The minimum absolute atomic E-state index is 0.206. The molecule has 1 aromatic heterocycles. The van der Waals surface area contributed by atoms with E-state index in [1.807, 2.05) is 12.1 Å². The van der Waals surface area contributed by atoms with E-state index >= 15 is 0 Å². The number of hydrogen-bond donors (Lipinski definition) is 1. The van der Waals surface area contributed by atoms with Crippen molar-refractivity contribution >= 4 is 40.1 Å². The first-order valence-corrected chi connectivity index (χ1v) is 10.2. The molecule has 0 aliphatic carbocycles. The molecule has 1 atom stereocenters. The van der Waals surface area contributed by atoms with Gasteiger partial charge in [0, 0.05) is 29.9 Å². The number of aromatic nitrogens is 1. The Morgan fingerprint density at radius 2 is 1.94 bits per heavy atom. The number of amides is 1. The minimum atomic E-state index is -1.07. The average molecular weight is 456 g/mol. The van der Waals surface area contributed by atoms with Crippen molar-refractivity contribution in [2.75, 3.05) is 7.11 Å². The quantitative estimate of drug-likeness (QED) is 0.549. The van der Waals surface area contributed by atoms with Crippen molar-refractivity contribution in [3.8, 4) is 5.75 Å². The molecule has 0 saturated carbocycles. The molecule has 1 N–H and O–H groups in total. The number of methoxy groups -OCH3 is 1. The highest BCUT2D eigenvalue weighted by Gasteiger charge is 2.35. The van der Waals surface area contributed by atoms with Crippen LogP contribution in [0.5, 0.6) is 5.75 Å². The number of hydrazone groups is 1. The van der Waals surface area contributed by atoms with Crippen LogP contribution < -0.4 is 4.74 Å². The van der Waals surface area contributed by atoms with E-state index in [2.05, 4.69) is 10.1 Å². The third-order valence-electron chi connectivity index (χ3n) is 5.26. The van der Waals surface area contributed by atoms with Crippen molar-refractivity contribution in [1.29, 1.82) is 0 Å². The standard InChI is InChI=1S/C23H19ClFN3O4/c1-32-16-7-4-14-10-17(23(24)26-18(14)11-16)20-12-19(13-2-5-15(25)6-3-13)27-28(20)21(29)8-9-22(30)31/h2-7,10-11,20H,8-9,12H2,1H3,(H,30,31)/t20-/m1/s1. The fraction of sp³-hybridized carbons (Fsp3) is 0.217. The van der Waals surface area contributed by atoms with E-state index in [0.29, 0.717) is 34.5 Å². The number of carboxylic acid groups (broad SMARTS) is 1. The zero-order valence-electron chi connectivity index (χ0n) is 17.1. The molecule has 1 amide bonds. The second-order valence-corrected chi connectivity index (χ2v) is 7.69. The van der Waals surface area contributed by atoms with Crippen molar-refractivity contribution < 1.29 is 23.8 Å². The van der Waals surface area contributed by atoms with Gasteiger partial charge in [0.1, 0.15) is 16.7 Å². The average Bonchev–Trinajstić information content (AvgIpc) is 3.22. The van der Waals surface area contributed by atoms with Crippen molar-refractivity contribution in [3.05, 3.63) is 70.6 Å². The number of halogens is 2. The highest BCUT2D eigenvalue weighted by Crippen LogP contribution is 2.38. The SMILES string of the molecule is COc1ccc2cc([C@H]3CC(c4ccc(F)cc4)=NN3C(=O)CCC(=O)O)c(Cl)nc2c1. The van der Waals surface area contributed by atoms with Crippen LogP contribution in [0.1, 0.15) is 36.4 Å². The third kappa shape index (κ3) is 4.40. The lowest BCUT2D eigenvalue weighted by Gasteiger charge is -2.23. The van der Waals surface area contributed by atoms with Crippen LogP contribution >= 0.6 is 11.6 Å². The number of carboxylic acids is 1. The maximum Gasteiger partial charge on any atom is 0.303 e. The summed E-state index contributed by atoms with van der Waals surface area (Å²) in [6, 6.07) is 12.5. The lowest BCUT2D eigenvalue weighted by atomic mass is 9.98. The zero-order chi connectivity index (χ0) is 22.8. The molecule has 4 rings (SSSR count). The first-order chi connectivity index (χ1) is 15.4. The third-order valence-corrected chi connectivity index (χ3v) is 5.56. The van der Waals surface area contributed by atoms with Crippen molar-refractivity contribution in [3.63, 3.8) is 0 Å². The number of aliphatic carboxylic acids is 1. The summed E-state index contributed by atoms with van der Waals surface area (Å²) in [5.74, 6) is -1.26. The Morgan fingerprint density at radius 3 is 2.62 bits per heavy atom. The number of ether oxygens (including phenoxy) is 1. The van der Waals surface area contributed by atoms with Gasteiger partial charge in [0.05, 0.1) is 30.8 Å². The van der Waals surface area contributed by atoms with Crippen LogP contribution in [0.3, 0.4) is 0 Å². The molecule has 0 bridgehead atoms. The number of rotatable bonds is 6. The van der Waals surface area contributed by atoms with E-state index in [0.717, 1.165) is 5.39 Å². The minimum Gasteiger partial charge on any atom is -0.497 e. The van der Waals surface area contributed by atoms with E-state index in [1.54, 1.807) is 31.4 Å². The van der Waals surface area contributed by atoms with E-state index in [1.165, 1.54) is 17.1 Å². The Bertz CT molecular complexity index is 1230. The topological polar surface area (TPSA) is 92.1 Å². The Morgan fingerprint density at radius 1 is 1.19 bits per heavy atom. The summed E-state index contributed by atoms with van der Waals surface area (Å²) in [5.41, 5.74) is 2.47. The number of nitrogens with zero attached hydrogens (tertiary/aromatic N) is 3. The van der Waals surface area contributed by atoms with Gasteiger partial charge in [-0.2, -0.15) is 5.10 Å². The van der Waals surface area contributed by atoms with Gasteiger partial charge in [-0.1, -0.05) is 23.7 Å². The number of fused-ring (bicyclic) bond motifs is 1. The van der Waals surface area contributed by atoms with Gasteiger partial charge in [-0.3, -0.25) is 9.59 Å². The second-order valence-electron chi connectivity index (χ2n) is 7.33. The molecule has 0 spiro atoms. The van der Waals surface area contributed by atoms with Crippen LogP contribution in [-0.4, -0.2) is 39.8 Å². The number of hydrogen-bond acceptors (Lipinski definition) is 5. The van der Waals surface area contributed by atoms with Gasteiger partial charge < -0.3 is 9.84 Å². The van der Waals surface area contributed by atoms with E-state index in [-0.39, 0.29) is 23.8 Å². The summed E-state index contributed by atoms with van der Waals surface area (Å²) in [6.45, 7) is 0. The monoisotopic (exact) mass is 455 g/mol. The van der Waals surface area contributed by atoms with Crippen LogP contribution in [-0.2, 0) is 9.59 Å². The smallest absolute Gasteiger partial charge is 0.303 e. The maximum absolute atomic E-state index is 13.4. The Labute approximate surface area is 188 Å². The molecule has 9 heteroatoms. The molecule has 0 saturated heterocycles. The van der Waals surface area contributed by atoms with Crippen LogP contribution in [0.25, 0.3) is 10.9 Å². The van der Waals surface area contributed by atoms with Crippen LogP contribution in [0, 0.1) is 5.82 Å². The molecule has 0 radical (unpaired) electrons. The van der Waals surface area contributed by atoms with Gasteiger partial charge in [0.25, 0.3) is 0 Å². The van der Waals surface area contributed by atoms with Crippen LogP contribution in [0.15, 0.2) is 53.6 Å². The first kappa shape index (κ1) is 21.7. The van der Waals surface area contributed by atoms with Gasteiger partial charge in [-0.05, 0) is 35.9 Å². The number of benzene rings is 2. The molecule has 32 heavy (non-hydrogen) atoms. The molecule has 164 valence electrons. The zero-order valence-corrected chi connectivity index (χ0v) is 17.8. The summed E-state index contributed by atoms with van der Waals surface area (Å²) in [4.78, 5) is 28.3. The maximum atomic E-state index is 13.4. The van der Waals surface area contributed by atoms with Gasteiger partial charge >= 0.3 is 5.97 Å². The molecular formula is C23H19ClFN3O4. The fourth-order valence-corrected chi connectivity index (χ4v) is 3.90. The Balaban J connectivity index is 1.73. The number of carbonyl (C=O) groups excluding carboxylic acids is 1. The highest BCUT2D eigenvalue weighted by atomic mass is 35.5. The Hall–Kier alpha value is -3.52. The van der Waals surface area contributed by atoms with Gasteiger partial charge in [0.2, 0.25) is 5.91 Å². The molecule has 7 nitrogen and oxygen atoms in total. The van der Waals surface area contributed by atoms with Crippen molar-refractivity contribution in [1.82, 2.24) is 9.99 Å². The summed E-state index contributed by atoms with van der Waals surface area (Å²) in [5, 5.41) is 15.7. The van der Waals surface area contributed by atoms with E-state index in [4.69, 9.17) is 21.4 Å².